The highest BCUT2D eigenvalue weighted by molar-refractivity contribution is 7.07. The molecular formula is C11H16N2OS. The topological polar surface area (TPSA) is 41.1 Å². The number of thiophene rings is 1. The molecule has 2 N–H and O–H groups in total. The monoisotopic (exact) mass is 224 g/mol. The van der Waals surface area contributed by atoms with E-state index in [2.05, 4.69) is 22.1 Å². The molecule has 1 saturated carbocycles. The first-order valence-corrected chi connectivity index (χ1v) is 6.27. The largest absolute Gasteiger partial charge is 0.355 e. The molecule has 0 spiro atoms. The zero-order valence-corrected chi connectivity index (χ0v) is 9.48. The first-order chi connectivity index (χ1) is 7.34. The molecule has 1 aliphatic carbocycles. The molecule has 1 amide bonds. The molecule has 4 heteroatoms. The van der Waals surface area contributed by atoms with Crippen molar-refractivity contribution in [1.29, 1.82) is 0 Å². The highest BCUT2D eigenvalue weighted by Crippen LogP contribution is 2.27. The van der Waals surface area contributed by atoms with Crippen LogP contribution in [0.4, 0.5) is 0 Å². The minimum atomic E-state index is 0.108. The van der Waals surface area contributed by atoms with Crippen LogP contribution in [0.1, 0.15) is 18.4 Å². The van der Waals surface area contributed by atoms with Gasteiger partial charge in [-0.3, -0.25) is 4.79 Å². The predicted octanol–water partition coefficient (Wildman–Crippen LogP) is 1.36. The van der Waals surface area contributed by atoms with Crippen molar-refractivity contribution in [2.75, 3.05) is 13.1 Å². The van der Waals surface area contributed by atoms with Crippen LogP contribution in [0.15, 0.2) is 16.8 Å². The molecule has 15 heavy (non-hydrogen) atoms. The fourth-order valence-corrected chi connectivity index (χ4v) is 2.02. The van der Waals surface area contributed by atoms with Crippen LogP contribution in [0.3, 0.4) is 0 Å². The smallest absolute Gasteiger partial charge is 0.233 e. The summed E-state index contributed by atoms with van der Waals surface area (Å²) in [6.07, 6.45) is 2.56. The Kier molecular flexibility index (Phi) is 3.75. The van der Waals surface area contributed by atoms with Gasteiger partial charge in [-0.2, -0.15) is 11.3 Å². The maximum absolute atomic E-state index is 11.3. The van der Waals surface area contributed by atoms with Gasteiger partial charge in [0.05, 0.1) is 6.54 Å². The molecule has 0 bridgehead atoms. The lowest BCUT2D eigenvalue weighted by atomic mass is 10.3. The van der Waals surface area contributed by atoms with E-state index in [1.165, 1.54) is 18.4 Å². The second-order valence-corrected chi connectivity index (χ2v) is 4.76. The Morgan fingerprint density at radius 2 is 2.40 bits per heavy atom. The maximum Gasteiger partial charge on any atom is 0.233 e. The van der Waals surface area contributed by atoms with Crippen LogP contribution in [0.2, 0.25) is 0 Å². The Balaban J connectivity index is 1.54. The number of nitrogens with one attached hydrogen (secondary N) is 2. The lowest BCUT2D eigenvalue weighted by molar-refractivity contribution is -0.120. The van der Waals surface area contributed by atoms with Crippen molar-refractivity contribution in [3.05, 3.63) is 22.4 Å². The molecule has 0 atom stereocenters. The van der Waals surface area contributed by atoms with Gasteiger partial charge in [-0.25, -0.2) is 0 Å². The fraction of sp³-hybridized carbons (Fsp3) is 0.545. The van der Waals surface area contributed by atoms with E-state index in [0.29, 0.717) is 6.54 Å². The molecule has 1 heterocycles. The summed E-state index contributed by atoms with van der Waals surface area (Å²) in [6, 6.07) is 2.07. The molecule has 1 aromatic rings. The summed E-state index contributed by atoms with van der Waals surface area (Å²) in [5.41, 5.74) is 1.25. The molecule has 3 nitrogen and oxygen atoms in total. The number of amides is 1. The second kappa shape index (κ2) is 5.28. The molecule has 82 valence electrons. The van der Waals surface area contributed by atoms with Crippen LogP contribution in [0, 0.1) is 5.92 Å². The Labute approximate surface area is 93.9 Å². The zero-order chi connectivity index (χ0) is 10.5. The number of carbonyl (C=O) groups is 1. The van der Waals surface area contributed by atoms with Crippen molar-refractivity contribution in [1.82, 2.24) is 10.6 Å². The predicted molar refractivity (Wildman–Crippen MR) is 61.8 cm³/mol. The average molecular weight is 224 g/mol. The minimum absolute atomic E-state index is 0.108. The van der Waals surface area contributed by atoms with Crippen molar-refractivity contribution >= 4 is 17.2 Å². The molecule has 0 aliphatic heterocycles. The summed E-state index contributed by atoms with van der Waals surface area (Å²) in [4.78, 5) is 11.3. The standard InChI is InChI=1S/C11H16N2OS/c14-11(13-6-9-1-2-9)7-12-5-10-3-4-15-8-10/h3-4,8-9,12H,1-2,5-7H2,(H,13,14). The van der Waals surface area contributed by atoms with E-state index in [1.54, 1.807) is 11.3 Å². The SMILES string of the molecule is O=C(CNCc1ccsc1)NCC1CC1. The molecule has 0 aromatic carbocycles. The molecule has 0 unspecified atom stereocenters. The van der Waals surface area contributed by atoms with Gasteiger partial charge in [-0.05, 0) is 41.1 Å². The van der Waals surface area contributed by atoms with Crippen LogP contribution < -0.4 is 10.6 Å². The molecule has 1 aromatic heterocycles. The Morgan fingerprint density at radius 1 is 1.53 bits per heavy atom. The number of rotatable bonds is 6. The van der Waals surface area contributed by atoms with Gasteiger partial charge in [0, 0.05) is 13.1 Å². The first kappa shape index (κ1) is 10.6. The highest BCUT2D eigenvalue weighted by Gasteiger charge is 2.21. The summed E-state index contributed by atoms with van der Waals surface area (Å²) in [5.74, 6) is 0.864. The Morgan fingerprint density at radius 3 is 3.07 bits per heavy atom. The van der Waals surface area contributed by atoms with Crippen molar-refractivity contribution in [3.8, 4) is 0 Å². The summed E-state index contributed by atoms with van der Waals surface area (Å²) >= 11 is 1.68. The summed E-state index contributed by atoms with van der Waals surface area (Å²) in [6.45, 7) is 2.06. The lowest BCUT2D eigenvalue weighted by Gasteiger charge is -2.04. The van der Waals surface area contributed by atoms with Gasteiger partial charge in [-0.15, -0.1) is 0 Å². The van der Waals surface area contributed by atoms with Gasteiger partial charge in [0.25, 0.3) is 0 Å². The van der Waals surface area contributed by atoms with Crippen LogP contribution in [0.25, 0.3) is 0 Å². The van der Waals surface area contributed by atoms with Crippen LogP contribution in [-0.4, -0.2) is 19.0 Å². The van der Waals surface area contributed by atoms with E-state index >= 15 is 0 Å². The molecule has 1 aliphatic rings. The number of hydrogen-bond donors (Lipinski definition) is 2. The molecule has 0 saturated heterocycles. The van der Waals surface area contributed by atoms with Crippen molar-refractivity contribution in [2.24, 2.45) is 5.92 Å². The van der Waals surface area contributed by atoms with E-state index in [9.17, 15) is 4.79 Å². The van der Waals surface area contributed by atoms with E-state index in [1.807, 2.05) is 5.38 Å². The Hall–Kier alpha value is -0.870. The zero-order valence-electron chi connectivity index (χ0n) is 8.66. The molecule has 0 radical (unpaired) electrons. The highest BCUT2D eigenvalue weighted by atomic mass is 32.1. The normalized spacial score (nSPS) is 15.2. The second-order valence-electron chi connectivity index (χ2n) is 3.98. The van der Waals surface area contributed by atoms with Crippen molar-refractivity contribution in [3.63, 3.8) is 0 Å². The minimum Gasteiger partial charge on any atom is -0.355 e. The molecule has 1 fully saturated rings. The van der Waals surface area contributed by atoms with Crippen LogP contribution >= 0.6 is 11.3 Å². The van der Waals surface area contributed by atoms with Gasteiger partial charge in [0.2, 0.25) is 5.91 Å². The summed E-state index contributed by atoms with van der Waals surface area (Å²) < 4.78 is 0. The van der Waals surface area contributed by atoms with E-state index in [4.69, 9.17) is 0 Å². The Bertz CT molecular complexity index is 306. The maximum atomic E-state index is 11.3. The fourth-order valence-electron chi connectivity index (χ4n) is 1.36. The van der Waals surface area contributed by atoms with Crippen molar-refractivity contribution in [2.45, 2.75) is 19.4 Å². The van der Waals surface area contributed by atoms with Crippen LogP contribution in [0.5, 0.6) is 0 Å². The van der Waals surface area contributed by atoms with Gasteiger partial charge in [0.15, 0.2) is 0 Å². The van der Waals surface area contributed by atoms with Gasteiger partial charge in [-0.1, -0.05) is 0 Å². The van der Waals surface area contributed by atoms with E-state index in [-0.39, 0.29) is 5.91 Å². The number of carbonyl (C=O) groups excluding carboxylic acids is 1. The third-order valence-corrected chi connectivity index (χ3v) is 3.21. The average Bonchev–Trinajstić information content (AvgIpc) is 2.92. The number of hydrogen-bond acceptors (Lipinski definition) is 3. The summed E-state index contributed by atoms with van der Waals surface area (Å²) in [5, 5.41) is 10.2. The van der Waals surface area contributed by atoms with Gasteiger partial charge >= 0.3 is 0 Å². The summed E-state index contributed by atoms with van der Waals surface area (Å²) in [7, 11) is 0. The van der Waals surface area contributed by atoms with Gasteiger partial charge in [0.1, 0.15) is 0 Å². The van der Waals surface area contributed by atoms with Gasteiger partial charge < -0.3 is 10.6 Å². The van der Waals surface area contributed by atoms with Crippen LogP contribution in [-0.2, 0) is 11.3 Å². The quantitative estimate of drug-likeness (QED) is 0.766. The molecular weight excluding hydrogens is 208 g/mol. The lowest BCUT2D eigenvalue weighted by Crippen LogP contribution is -2.34. The molecule has 2 rings (SSSR count). The first-order valence-electron chi connectivity index (χ1n) is 5.33. The van der Waals surface area contributed by atoms with E-state index < -0.39 is 0 Å². The van der Waals surface area contributed by atoms with E-state index in [0.717, 1.165) is 19.0 Å². The third kappa shape index (κ3) is 4.01. The van der Waals surface area contributed by atoms with Crippen molar-refractivity contribution < 1.29 is 4.79 Å². The third-order valence-electron chi connectivity index (χ3n) is 2.48.